The molecular weight excluding hydrogens is 264 g/mol. The molecule has 19 heavy (non-hydrogen) atoms. The Morgan fingerprint density at radius 1 is 1.26 bits per heavy atom. The number of rotatable bonds is 4. The Bertz CT molecular complexity index is 499. The zero-order valence-electron chi connectivity index (χ0n) is 11.2. The van der Waals surface area contributed by atoms with E-state index in [1.807, 2.05) is 19.1 Å². The van der Waals surface area contributed by atoms with Crippen LogP contribution < -0.4 is 20.9 Å². The third-order valence-corrected chi connectivity index (χ3v) is 3.26. The fraction of sp³-hybridized carbons (Fsp3) is 0.333. The molecule has 0 radical (unpaired) electrons. The first-order valence-corrected chi connectivity index (χ1v) is 6.49. The summed E-state index contributed by atoms with van der Waals surface area (Å²) < 4.78 is 10.5. The number of aliphatic imine (C=N–C) groups is 1. The maximum absolute atomic E-state index is 7.58. The maximum Gasteiger partial charge on any atom is 0.193 e. The van der Waals surface area contributed by atoms with Crippen molar-refractivity contribution in [2.45, 2.75) is 12.7 Å². The van der Waals surface area contributed by atoms with Gasteiger partial charge < -0.3 is 20.9 Å². The van der Waals surface area contributed by atoms with Gasteiger partial charge in [-0.2, -0.15) is 4.99 Å². The van der Waals surface area contributed by atoms with E-state index in [9.17, 15) is 0 Å². The molecule has 1 rings (SSSR count). The predicted molar refractivity (Wildman–Crippen MR) is 79.1 cm³/mol. The number of guanidine groups is 1. The van der Waals surface area contributed by atoms with Gasteiger partial charge in [-0.3, -0.25) is 5.41 Å². The molecule has 0 fully saturated rings. The average molecular weight is 282 g/mol. The summed E-state index contributed by atoms with van der Waals surface area (Å²) in [7, 11) is 3.19. The lowest BCUT2D eigenvalue weighted by Crippen LogP contribution is -2.23. The third kappa shape index (κ3) is 4.36. The Kier molecular flexibility index (Phi) is 5.50. The molecule has 7 heteroatoms. The van der Waals surface area contributed by atoms with E-state index in [1.54, 1.807) is 14.2 Å². The number of ether oxygens (including phenoxy) is 2. The van der Waals surface area contributed by atoms with Crippen LogP contribution in [-0.4, -0.2) is 25.3 Å². The number of hydrogen-bond acceptors (Lipinski definition) is 4. The molecule has 104 valence electrons. The normalized spacial score (nSPS) is 9.84. The quantitative estimate of drug-likeness (QED) is 0.572. The molecule has 0 aliphatic rings. The molecular formula is C12H18N4O2S. The molecule has 0 bridgehead atoms. The first-order chi connectivity index (χ1) is 8.97. The summed E-state index contributed by atoms with van der Waals surface area (Å²) in [5.41, 5.74) is 12.5. The van der Waals surface area contributed by atoms with Gasteiger partial charge in [-0.15, -0.1) is 0 Å². The van der Waals surface area contributed by atoms with Crippen molar-refractivity contribution < 1.29 is 9.47 Å². The first kappa shape index (κ1) is 15.2. The highest BCUT2D eigenvalue weighted by molar-refractivity contribution is 8.13. The second kappa shape index (κ2) is 6.89. The lowest BCUT2D eigenvalue weighted by atomic mass is 10.1. The minimum atomic E-state index is -0.110. The number of amidine groups is 1. The van der Waals surface area contributed by atoms with Crippen molar-refractivity contribution in [1.29, 1.82) is 5.41 Å². The number of hydrogen-bond donors (Lipinski definition) is 3. The van der Waals surface area contributed by atoms with Gasteiger partial charge in [-0.25, -0.2) is 0 Å². The lowest BCUT2D eigenvalue weighted by molar-refractivity contribution is 0.354. The topological polar surface area (TPSA) is 107 Å². The highest BCUT2D eigenvalue weighted by Gasteiger charge is 2.09. The summed E-state index contributed by atoms with van der Waals surface area (Å²) in [5.74, 6) is 1.83. The van der Waals surface area contributed by atoms with Crippen LogP contribution >= 0.6 is 11.8 Å². The van der Waals surface area contributed by atoms with Gasteiger partial charge in [0.2, 0.25) is 0 Å². The zero-order chi connectivity index (χ0) is 14.4. The lowest BCUT2D eigenvalue weighted by Gasteiger charge is -2.12. The van der Waals surface area contributed by atoms with E-state index in [2.05, 4.69) is 4.99 Å². The van der Waals surface area contributed by atoms with Crippen LogP contribution in [0.4, 0.5) is 0 Å². The molecule has 0 spiro atoms. The van der Waals surface area contributed by atoms with Crippen molar-refractivity contribution in [3.8, 4) is 11.5 Å². The molecule has 0 aliphatic heterocycles. The van der Waals surface area contributed by atoms with E-state index in [-0.39, 0.29) is 11.1 Å². The number of nitrogens with one attached hydrogen (secondary N) is 1. The number of nitrogens with zero attached hydrogens (tertiary/aromatic N) is 1. The molecule has 0 saturated heterocycles. The minimum absolute atomic E-state index is 0.0779. The average Bonchev–Trinajstić information content (AvgIpc) is 2.36. The van der Waals surface area contributed by atoms with Crippen LogP contribution in [0.5, 0.6) is 11.5 Å². The summed E-state index contributed by atoms with van der Waals surface area (Å²) in [6, 6.07) is 3.79. The van der Waals surface area contributed by atoms with Crippen LogP contribution in [0, 0.1) is 12.3 Å². The van der Waals surface area contributed by atoms with Crippen LogP contribution in [0.15, 0.2) is 17.1 Å². The third-order valence-electron chi connectivity index (χ3n) is 2.44. The molecule has 6 nitrogen and oxygen atoms in total. The minimum Gasteiger partial charge on any atom is -0.493 e. The standard InChI is InChI=1S/C12H18N4O2S/c1-7-4-9(17-2)10(18-3)5-8(7)6-19-12(15)16-11(13)14/h4-5H,6H2,1-3H3,(H5,13,14,15,16). The molecule has 0 aliphatic carbocycles. The molecule has 1 aromatic rings. The van der Waals surface area contributed by atoms with E-state index in [0.717, 1.165) is 11.1 Å². The van der Waals surface area contributed by atoms with Crippen molar-refractivity contribution in [1.82, 2.24) is 0 Å². The van der Waals surface area contributed by atoms with Gasteiger partial charge >= 0.3 is 0 Å². The number of methoxy groups -OCH3 is 2. The summed E-state index contributed by atoms with van der Waals surface area (Å²) in [6.07, 6.45) is 0. The number of nitrogens with two attached hydrogens (primary N) is 2. The molecule has 0 atom stereocenters. The van der Waals surface area contributed by atoms with Gasteiger partial charge in [0, 0.05) is 5.75 Å². The molecule has 5 N–H and O–H groups in total. The summed E-state index contributed by atoms with van der Waals surface area (Å²) >= 11 is 1.24. The smallest absolute Gasteiger partial charge is 0.193 e. The summed E-state index contributed by atoms with van der Waals surface area (Å²) in [5, 5.41) is 7.65. The number of benzene rings is 1. The Morgan fingerprint density at radius 2 is 1.84 bits per heavy atom. The van der Waals surface area contributed by atoms with Gasteiger partial charge in [0.05, 0.1) is 14.2 Å². The molecule has 0 heterocycles. The monoisotopic (exact) mass is 282 g/mol. The number of thioether (sulfide) groups is 1. The largest absolute Gasteiger partial charge is 0.493 e. The highest BCUT2D eigenvalue weighted by atomic mass is 32.2. The molecule has 0 saturated carbocycles. The SMILES string of the molecule is COc1cc(C)c(CSC(=N)N=C(N)N)cc1OC. The Morgan fingerprint density at radius 3 is 2.37 bits per heavy atom. The van der Waals surface area contributed by atoms with Crippen molar-refractivity contribution in [2.75, 3.05) is 14.2 Å². The van der Waals surface area contributed by atoms with Crippen LogP contribution in [0.2, 0.25) is 0 Å². The molecule has 0 aromatic heterocycles. The van der Waals surface area contributed by atoms with Crippen LogP contribution in [0.3, 0.4) is 0 Å². The van der Waals surface area contributed by atoms with Gasteiger partial charge in [0.15, 0.2) is 22.6 Å². The first-order valence-electron chi connectivity index (χ1n) is 5.50. The van der Waals surface area contributed by atoms with E-state index >= 15 is 0 Å². The Balaban J connectivity index is 2.84. The van der Waals surface area contributed by atoms with Crippen LogP contribution in [0.25, 0.3) is 0 Å². The summed E-state index contributed by atoms with van der Waals surface area (Å²) in [6.45, 7) is 1.97. The Labute approximate surface area is 116 Å². The van der Waals surface area contributed by atoms with E-state index in [1.165, 1.54) is 11.8 Å². The van der Waals surface area contributed by atoms with Gasteiger partial charge in [0.25, 0.3) is 0 Å². The van der Waals surface area contributed by atoms with Crippen molar-refractivity contribution in [3.63, 3.8) is 0 Å². The van der Waals surface area contributed by atoms with Gasteiger partial charge in [0.1, 0.15) is 0 Å². The van der Waals surface area contributed by atoms with Gasteiger partial charge in [-0.05, 0) is 30.2 Å². The fourth-order valence-corrected chi connectivity index (χ4v) is 2.25. The van der Waals surface area contributed by atoms with Crippen molar-refractivity contribution in [2.24, 2.45) is 16.5 Å². The molecule has 1 aromatic carbocycles. The van der Waals surface area contributed by atoms with E-state index in [0.29, 0.717) is 17.3 Å². The predicted octanol–water partition coefficient (Wildman–Crippen LogP) is 1.45. The summed E-state index contributed by atoms with van der Waals surface area (Å²) in [4.78, 5) is 3.66. The molecule has 0 unspecified atom stereocenters. The van der Waals surface area contributed by atoms with E-state index in [4.69, 9.17) is 26.4 Å². The van der Waals surface area contributed by atoms with Crippen molar-refractivity contribution in [3.05, 3.63) is 23.3 Å². The van der Waals surface area contributed by atoms with Gasteiger partial charge in [-0.1, -0.05) is 11.8 Å². The maximum atomic E-state index is 7.58. The van der Waals surface area contributed by atoms with Crippen molar-refractivity contribution >= 4 is 22.9 Å². The Hall–Kier alpha value is -1.89. The second-order valence-electron chi connectivity index (χ2n) is 3.76. The number of aryl methyl sites for hydroxylation is 1. The zero-order valence-corrected chi connectivity index (χ0v) is 12.0. The highest BCUT2D eigenvalue weighted by Crippen LogP contribution is 2.31. The second-order valence-corrected chi connectivity index (χ2v) is 4.73. The fourth-order valence-electron chi connectivity index (χ4n) is 1.47. The van der Waals surface area contributed by atoms with E-state index < -0.39 is 0 Å². The van der Waals surface area contributed by atoms with Crippen LogP contribution in [-0.2, 0) is 5.75 Å². The van der Waals surface area contributed by atoms with Crippen LogP contribution in [0.1, 0.15) is 11.1 Å². The molecule has 0 amide bonds.